The van der Waals surface area contributed by atoms with E-state index in [-0.39, 0.29) is 17.9 Å². The van der Waals surface area contributed by atoms with Gasteiger partial charge in [-0.15, -0.1) is 0 Å². The van der Waals surface area contributed by atoms with Crippen LogP contribution < -0.4 is 15.0 Å². The highest BCUT2D eigenvalue weighted by Gasteiger charge is 2.31. The van der Waals surface area contributed by atoms with Crippen LogP contribution in [0.1, 0.15) is 35.8 Å². The maximum atomic E-state index is 13.6. The SMILES string of the molecule is Cc1cc2cc(n1)-c1cnn(C)c1OCCC[C@@H](C)Cn1c(nc3ccc(N4CC(OS(C)(=O)=O)C4)cc31)NC2=O. The van der Waals surface area contributed by atoms with Crippen molar-refractivity contribution < 1.29 is 22.1 Å². The molecule has 0 unspecified atom stereocenters. The Morgan fingerprint density at radius 3 is 2.71 bits per heavy atom. The predicted octanol–water partition coefficient (Wildman–Crippen LogP) is 3.37. The van der Waals surface area contributed by atoms with Crippen molar-refractivity contribution in [2.24, 2.45) is 13.0 Å². The molecule has 0 spiro atoms. The van der Waals surface area contributed by atoms with Crippen LogP contribution in [-0.2, 0) is 27.9 Å². The van der Waals surface area contributed by atoms with Crippen LogP contribution in [0.25, 0.3) is 22.3 Å². The lowest BCUT2D eigenvalue weighted by molar-refractivity contribution is 0.102. The van der Waals surface area contributed by atoms with Gasteiger partial charge in [0, 0.05) is 43.6 Å². The van der Waals surface area contributed by atoms with Crippen molar-refractivity contribution in [2.75, 3.05) is 36.2 Å². The molecule has 3 aromatic heterocycles. The Balaban J connectivity index is 1.35. The zero-order valence-corrected chi connectivity index (χ0v) is 24.3. The molecule has 0 saturated carbocycles. The molecule has 1 N–H and O–H groups in total. The number of amides is 1. The standard InChI is InChI=1S/C28H33N7O5S/c1-17-6-5-9-39-27-22(13-29-33(27)3)24-11-19(10-18(2)30-24)26(36)32-28-31-23-8-7-20(12-25(23)35(28)14-17)34-15-21(16-34)40-41(4,37)38/h7-8,10-13,17,21H,5-6,9,14-16H2,1-4H3,(H,31,32,36)/t17-/m1/s1. The molecule has 1 saturated heterocycles. The molecule has 12 nitrogen and oxygen atoms in total. The van der Waals surface area contributed by atoms with Gasteiger partial charge in [-0.25, -0.2) is 9.67 Å². The molecule has 216 valence electrons. The van der Waals surface area contributed by atoms with Crippen molar-refractivity contribution in [1.29, 1.82) is 0 Å². The summed E-state index contributed by atoms with van der Waals surface area (Å²) in [6.07, 6.45) is 4.16. The minimum absolute atomic E-state index is 0.271. The van der Waals surface area contributed by atoms with Crippen molar-refractivity contribution in [1.82, 2.24) is 24.3 Å². The quantitative estimate of drug-likeness (QED) is 0.363. The van der Waals surface area contributed by atoms with Gasteiger partial charge in [0.1, 0.15) is 6.10 Å². The topological polar surface area (TPSA) is 133 Å². The van der Waals surface area contributed by atoms with E-state index in [9.17, 15) is 13.2 Å². The second-order valence-corrected chi connectivity index (χ2v) is 12.6. The Hall–Kier alpha value is -3.97. The monoisotopic (exact) mass is 579 g/mol. The smallest absolute Gasteiger partial charge is 0.264 e. The second kappa shape index (κ2) is 10.5. The fourth-order valence-corrected chi connectivity index (χ4v) is 6.05. The third-order valence-electron chi connectivity index (χ3n) is 7.43. The zero-order chi connectivity index (χ0) is 28.9. The van der Waals surface area contributed by atoms with E-state index in [1.54, 1.807) is 23.0 Å². The van der Waals surface area contributed by atoms with Gasteiger partial charge in [-0.05, 0) is 56.0 Å². The molecule has 0 aliphatic carbocycles. The molecule has 5 heterocycles. The van der Waals surface area contributed by atoms with E-state index in [4.69, 9.17) is 13.9 Å². The fraction of sp³-hybridized carbons (Fsp3) is 0.429. The summed E-state index contributed by atoms with van der Waals surface area (Å²) in [5.41, 5.74) is 5.11. The lowest BCUT2D eigenvalue weighted by Gasteiger charge is -2.39. The summed E-state index contributed by atoms with van der Waals surface area (Å²) in [5.74, 6) is 1.08. The number of aryl methyl sites for hydroxylation is 2. The van der Waals surface area contributed by atoms with E-state index in [0.717, 1.165) is 41.4 Å². The van der Waals surface area contributed by atoms with Crippen LogP contribution >= 0.6 is 0 Å². The molecular formula is C28H33N7O5S. The minimum Gasteiger partial charge on any atom is -0.477 e. The molecule has 2 aliphatic heterocycles. The summed E-state index contributed by atoms with van der Waals surface area (Å²) in [7, 11) is -1.67. The van der Waals surface area contributed by atoms with Crippen LogP contribution in [0.4, 0.5) is 11.6 Å². The van der Waals surface area contributed by atoms with Gasteiger partial charge in [0.05, 0.1) is 41.4 Å². The Morgan fingerprint density at radius 1 is 1.12 bits per heavy atom. The number of hydrogen-bond acceptors (Lipinski definition) is 9. The van der Waals surface area contributed by atoms with Crippen molar-refractivity contribution >= 4 is 38.7 Å². The number of pyridine rings is 1. The number of imidazole rings is 1. The first kappa shape index (κ1) is 27.2. The third-order valence-corrected chi connectivity index (χ3v) is 8.05. The van der Waals surface area contributed by atoms with Crippen LogP contribution in [-0.4, -0.2) is 70.7 Å². The van der Waals surface area contributed by atoms with Crippen molar-refractivity contribution in [3.05, 3.63) is 47.8 Å². The Bertz CT molecular complexity index is 1740. The minimum atomic E-state index is -3.50. The highest BCUT2D eigenvalue weighted by molar-refractivity contribution is 7.86. The van der Waals surface area contributed by atoms with Crippen molar-refractivity contribution in [3.8, 4) is 17.1 Å². The van der Waals surface area contributed by atoms with Crippen LogP contribution in [0.3, 0.4) is 0 Å². The fourth-order valence-electron chi connectivity index (χ4n) is 5.43. The number of ether oxygens (including phenoxy) is 1. The number of benzene rings is 1. The van der Waals surface area contributed by atoms with E-state index >= 15 is 0 Å². The van der Waals surface area contributed by atoms with Gasteiger partial charge in [0.25, 0.3) is 16.0 Å². The predicted molar refractivity (Wildman–Crippen MR) is 155 cm³/mol. The molecule has 2 aliphatic rings. The first-order chi connectivity index (χ1) is 19.5. The first-order valence-electron chi connectivity index (χ1n) is 13.6. The van der Waals surface area contributed by atoms with Crippen molar-refractivity contribution in [2.45, 2.75) is 39.3 Å². The number of aromatic nitrogens is 5. The van der Waals surface area contributed by atoms with Crippen LogP contribution in [0.5, 0.6) is 5.88 Å². The van der Waals surface area contributed by atoms with Gasteiger partial charge in [0.2, 0.25) is 11.8 Å². The number of hydrogen-bond donors (Lipinski definition) is 1. The maximum Gasteiger partial charge on any atom is 0.264 e. The van der Waals surface area contributed by atoms with E-state index < -0.39 is 10.1 Å². The van der Waals surface area contributed by atoms with Crippen molar-refractivity contribution in [3.63, 3.8) is 0 Å². The summed E-state index contributed by atoms with van der Waals surface area (Å²) in [5, 5.41) is 7.41. The van der Waals surface area contributed by atoms with Gasteiger partial charge < -0.3 is 14.2 Å². The normalized spacial score (nSPS) is 18.5. The molecule has 1 aromatic carbocycles. The van der Waals surface area contributed by atoms with Gasteiger partial charge in [-0.3, -0.25) is 19.3 Å². The summed E-state index contributed by atoms with van der Waals surface area (Å²) in [4.78, 5) is 25.1. The molecule has 1 amide bonds. The van der Waals surface area contributed by atoms with E-state index in [1.807, 2.05) is 32.2 Å². The number of carbonyl (C=O) groups is 1. The van der Waals surface area contributed by atoms with E-state index in [1.165, 1.54) is 0 Å². The number of nitrogens with one attached hydrogen (secondary N) is 1. The molecule has 1 atom stereocenters. The van der Waals surface area contributed by atoms with Gasteiger partial charge >= 0.3 is 0 Å². The van der Waals surface area contributed by atoms with Crippen LogP contribution in [0.2, 0.25) is 0 Å². The number of nitrogens with zero attached hydrogens (tertiary/aromatic N) is 6. The number of rotatable bonds is 3. The largest absolute Gasteiger partial charge is 0.477 e. The molecule has 4 aromatic rings. The second-order valence-electron chi connectivity index (χ2n) is 11.0. The zero-order valence-electron chi connectivity index (χ0n) is 23.5. The van der Waals surface area contributed by atoms with Gasteiger partial charge in [-0.1, -0.05) is 6.92 Å². The van der Waals surface area contributed by atoms with Crippen LogP contribution in [0, 0.1) is 12.8 Å². The first-order valence-corrected chi connectivity index (χ1v) is 15.4. The highest BCUT2D eigenvalue weighted by atomic mass is 32.2. The summed E-state index contributed by atoms with van der Waals surface area (Å²) in [6.45, 7) is 6.16. The number of carbonyl (C=O) groups excluding carboxylic acids is 1. The summed E-state index contributed by atoms with van der Waals surface area (Å²) >= 11 is 0. The molecule has 41 heavy (non-hydrogen) atoms. The average molecular weight is 580 g/mol. The van der Waals surface area contributed by atoms with E-state index in [2.05, 4.69) is 31.8 Å². The highest BCUT2D eigenvalue weighted by Crippen LogP contribution is 2.32. The van der Waals surface area contributed by atoms with Crippen LogP contribution in [0.15, 0.2) is 36.5 Å². The average Bonchev–Trinajstić information content (AvgIpc) is 3.41. The number of anilines is 2. The molecule has 1 fully saturated rings. The third kappa shape index (κ3) is 5.64. The summed E-state index contributed by atoms with van der Waals surface area (Å²) < 4.78 is 38.0. The molecular weight excluding hydrogens is 546 g/mol. The molecule has 0 radical (unpaired) electrons. The molecule has 6 rings (SSSR count). The Morgan fingerprint density at radius 2 is 1.93 bits per heavy atom. The van der Waals surface area contributed by atoms with Gasteiger partial charge in [0.15, 0.2) is 0 Å². The Kier molecular flexibility index (Phi) is 6.94. The number of fused-ring (bicyclic) bond motifs is 7. The lowest BCUT2D eigenvalue weighted by Crippen LogP contribution is -2.53. The molecule has 2 bridgehead atoms. The van der Waals surface area contributed by atoms with Gasteiger partial charge in [-0.2, -0.15) is 13.5 Å². The van der Waals surface area contributed by atoms with E-state index in [0.29, 0.717) is 55.0 Å². The Labute approximate surface area is 238 Å². The molecule has 13 heteroatoms. The lowest BCUT2D eigenvalue weighted by atomic mass is 10.1. The summed E-state index contributed by atoms with van der Waals surface area (Å²) in [6, 6.07) is 9.42. The maximum absolute atomic E-state index is 13.6.